The summed E-state index contributed by atoms with van der Waals surface area (Å²) in [6.07, 6.45) is 1.31. The van der Waals surface area contributed by atoms with Crippen LogP contribution in [0.25, 0.3) is 10.9 Å². The summed E-state index contributed by atoms with van der Waals surface area (Å²) in [4.78, 5) is 38.9. The molecule has 0 saturated carbocycles. The Morgan fingerprint density at radius 1 is 1.03 bits per heavy atom. The Labute approximate surface area is 208 Å². The number of halogens is 1. The van der Waals surface area contributed by atoms with Crippen molar-refractivity contribution in [3.63, 3.8) is 0 Å². The Hall–Kier alpha value is -4.42. The van der Waals surface area contributed by atoms with Crippen molar-refractivity contribution in [2.24, 2.45) is 5.73 Å². The van der Waals surface area contributed by atoms with E-state index in [4.69, 9.17) is 37.4 Å². The molecule has 2 heterocycles. The molecule has 188 valence electrons. The minimum Gasteiger partial charge on any atom is -0.480 e. The normalized spacial score (nSPS) is 11.5. The Morgan fingerprint density at radius 3 is 2.28 bits per heavy atom. The van der Waals surface area contributed by atoms with Gasteiger partial charge in [0.05, 0.1) is 23.8 Å². The molecule has 0 unspecified atom stereocenters. The van der Waals surface area contributed by atoms with Gasteiger partial charge in [0.15, 0.2) is 0 Å². The Morgan fingerprint density at radius 2 is 1.69 bits per heavy atom. The van der Waals surface area contributed by atoms with Gasteiger partial charge in [-0.25, -0.2) is 14.6 Å². The van der Waals surface area contributed by atoms with Crippen molar-refractivity contribution in [1.29, 1.82) is 0 Å². The van der Waals surface area contributed by atoms with Crippen LogP contribution in [0.1, 0.15) is 11.3 Å². The summed E-state index contributed by atoms with van der Waals surface area (Å²) in [5.41, 5.74) is 7.62. The van der Waals surface area contributed by atoms with Gasteiger partial charge in [-0.15, -0.1) is 5.10 Å². The lowest BCUT2D eigenvalue weighted by Crippen LogP contribution is -2.35. The van der Waals surface area contributed by atoms with Crippen LogP contribution in [0.3, 0.4) is 0 Å². The molecule has 0 aliphatic heterocycles. The zero-order chi connectivity index (χ0) is 26.2. The van der Waals surface area contributed by atoms with Crippen LogP contribution in [0.2, 0.25) is 5.02 Å². The topological polar surface area (TPSA) is 194 Å². The fraction of sp³-hybridized carbons (Fsp3) is 0.174. The van der Waals surface area contributed by atoms with Crippen molar-refractivity contribution in [1.82, 2.24) is 19.7 Å². The van der Waals surface area contributed by atoms with E-state index in [2.05, 4.69) is 15.1 Å². The van der Waals surface area contributed by atoms with E-state index >= 15 is 0 Å². The summed E-state index contributed by atoms with van der Waals surface area (Å²) in [6, 6.07) is 13.4. The lowest BCUT2D eigenvalue weighted by Gasteiger charge is -2.08. The first-order valence-corrected chi connectivity index (χ1v) is 10.8. The second kappa shape index (κ2) is 11.8. The summed E-state index contributed by atoms with van der Waals surface area (Å²) in [7, 11) is 0. The van der Waals surface area contributed by atoms with E-state index < -0.39 is 30.1 Å². The number of nitrogens with two attached hydrogens (primary N) is 1. The van der Waals surface area contributed by atoms with Crippen LogP contribution >= 0.6 is 11.6 Å². The molecule has 2 aromatic heterocycles. The van der Waals surface area contributed by atoms with E-state index in [-0.39, 0.29) is 12.3 Å². The van der Waals surface area contributed by atoms with E-state index in [0.717, 1.165) is 11.3 Å². The molecule has 0 aliphatic carbocycles. The number of nitrogens with zero attached hydrogens (tertiary/aromatic N) is 3. The van der Waals surface area contributed by atoms with Crippen LogP contribution in [-0.2, 0) is 27.3 Å². The lowest BCUT2D eigenvalue weighted by atomic mass is 10.2. The average Bonchev–Trinajstić information content (AvgIpc) is 3.47. The number of hydrogen-bond acceptors (Lipinski definition) is 7. The van der Waals surface area contributed by atoms with Crippen molar-refractivity contribution < 1.29 is 34.4 Å². The summed E-state index contributed by atoms with van der Waals surface area (Å²) in [5, 5.41) is 31.8. The Balaban J connectivity index is 0.000000275. The van der Waals surface area contributed by atoms with E-state index in [1.165, 1.54) is 6.33 Å². The minimum absolute atomic E-state index is 0.0423. The molecule has 1 atom stereocenters. The maximum atomic E-state index is 11.1. The van der Waals surface area contributed by atoms with E-state index in [1.54, 1.807) is 47.3 Å². The number of imidazole rings is 1. The molecule has 0 amide bonds. The van der Waals surface area contributed by atoms with Gasteiger partial charge < -0.3 is 30.8 Å². The zero-order valence-electron chi connectivity index (χ0n) is 18.6. The van der Waals surface area contributed by atoms with Gasteiger partial charge in [0, 0.05) is 23.3 Å². The molecule has 4 rings (SSSR count). The van der Waals surface area contributed by atoms with Crippen molar-refractivity contribution in [3.05, 3.63) is 77.3 Å². The monoisotopic (exact) mass is 515 g/mol. The number of ether oxygens (including phenoxy) is 1. The van der Waals surface area contributed by atoms with Crippen LogP contribution in [0.5, 0.6) is 5.88 Å². The minimum atomic E-state index is -2.03. The van der Waals surface area contributed by atoms with Crippen LogP contribution in [0, 0.1) is 0 Å². The fourth-order valence-corrected chi connectivity index (χ4v) is 3.23. The van der Waals surface area contributed by atoms with Crippen LogP contribution in [0.15, 0.2) is 61.1 Å². The molecule has 36 heavy (non-hydrogen) atoms. The summed E-state index contributed by atoms with van der Waals surface area (Å²) in [5.74, 6) is -4.23. The first-order chi connectivity index (χ1) is 17.2. The molecule has 0 saturated heterocycles. The summed E-state index contributed by atoms with van der Waals surface area (Å²) < 4.78 is 6.76. The van der Waals surface area contributed by atoms with Crippen molar-refractivity contribution in [3.8, 4) is 5.88 Å². The van der Waals surface area contributed by atoms with Crippen molar-refractivity contribution >= 4 is 40.4 Å². The zero-order valence-corrected chi connectivity index (χ0v) is 19.4. The maximum Gasteiger partial charge on any atom is 0.356 e. The van der Waals surface area contributed by atoms with Gasteiger partial charge in [-0.2, -0.15) is 0 Å². The number of hydrogen-bond donors (Lipinski definition) is 5. The highest BCUT2D eigenvalue weighted by Gasteiger charge is 2.30. The fourth-order valence-electron chi connectivity index (χ4n) is 3.11. The first-order valence-electron chi connectivity index (χ1n) is 10.4. The molecular formula is C23H22ClN5O7. The number of aromatic nitrogens is 4. The molecule has 0 bridgehead atoms. The van der Waals surface area contributed by atoms with Crippen molar-refractivity contribution in [2.75, 3.05) is 0 Å². The molecule has 13 heteroatoms. The number of H-pyrrole nitrogens is 1. The molecule has 2 aromatic carbocycles. The third-order valence-electron chi connectivity index (χ3n) is 4.86. The summed E-state index contributed by atoms with van der Waals surface area (Å²) in [6.45, 7) is 0.395. The number of carbonyl (C=O) groups is 3. The number of fused-ring (bicyclic) bond motifs is 1. The van der Waals surface area contributed by atoms with E-state index in [1.807, 2.05) is 12.1 Å². The van der Waals surface area contributed by atoms with Crippen LogP contribution in [-0.4, -0.2) is 65.1 Å². The third kappa shape index (κ3) is 6.81. The smallest absolute Gasteiger partial charge is 0.356 e. The number of rotatable bonds is 9. The number of carboxylic acids is 3. The molecule has 0 fully saturated rings. The predicted octanol–water partition coefficient (Wildman–Crippen LogP) is 2.02. The van der Waals surface area contributed by atoms with E-state index in [0.29, 0.717) is 22.5 Å². The van der Waals surface area contributed by atoms with Gasteiger partial charge >= 0.3 is 17.9 Å². The highest BCUT2D eigenvalue weighted by molar-refractivity contribution is 6.30. The van der Waals surface area contributed by atoms with Crippen LogP contribution < -0.4 is 10.5 Å². The molecule has 6 N–H and O–H groups in total. The molecule has 0 radical (unpaired) electrons. The number of aliphatic carboxylic acids is 3. The SMILES string of the molecule is N[C@@H](Cc1cnc[nH]1)C(=O)O.O=C(O)C(Oc1nn(Cc2ccc(Cl)cc2)c2ccccc12)C(=O)O. The van der Waals surface area contributed by atoms with Gasteiger partial charge in [0.1, 0.15) is 6.04 Å². The second-order valence-corrected chi connectivity index (χ2v) is 7.94. The Bertz CT molecular complexity index is 1320. The number of para-hydroxylation sites is 1. The maximum absolute atomic E-state index is 11.1. The second-order valence-electron chi connectivity index (χ2n) is 7.51. The van der Waals surface area contributed by atoms with Gasteiger partial charge in [0.25, 0.3) is 6.10 Å². The van der Waals surface area contributed by atoms with Gasteiger partial charge in [-0.1, -0.05) is 35.9 Å². The highest BCUT2D eigenvalue weighted by atomic mass is 35.5. The van der Waals surface area contributed by atoms with Gasteiger partial charge in [-0.05, 0) is 29.8 Å². The third-order valence-corrected chi connectivity index (χ3v) is 5.11. The first kappa shape index (κ1) is 26.2. The molecule has 0 spiro atoms. The van der Waals surface area contributed by atoms with E-state index in [9.17, 15) is 14.4 Å². The largest absolute Gasteiger partial charge is 0.480 e. The lowest BCUT2D eigenvalue weighted by molar-refractivity contribution is -0.159. The number of nitrogens with one attached hydrogen (secondary N) is 1. The number of aromatic amines is 1. The predicted molar refractivity (Wildman–Crippen MR) is 128 cm³/mol. The van der Waals surface area contributed by atoms with Gasteiger partial charge in [-0.3, -0.25) is 9.48 Å². The number of benzene rings is 2. The standard InChI is InChI=1S/C17H13ClN2O5.C6H9N3O2/c18-11-7-5-10(6-8-11)9-20-13-4-2-1-3-12(13)15(19-20)25-14(16(21)22)17(23)24;7-5(6(10)11)1-4-2-8-3-9-4/h1-8,14H,9H2,(H,21,22)(H,23,24);2-3,5H,1,7H2,(H,8,9)(H,10,11)/t;5-/m.0/s1. The molecule has 4 aromatic rings. The van der Waals surface area contributed by atoms with Gasteiger partial charge in [0.2, 0.25) is 5.88 Å². The molecule has 0 aliphatic rings. The quantitative estimate of drug-likeness (QED) is 0.206. The summed E-state index contributed by atoms with van der Waals surface area (Å²) >= 11 is 5.88. The number of carboxylic acid groups (broad SMARTS) is 3. The highest BCUT2D eigenvalue weighted by Crippen LogP contribution is 2.26. The molecule has 12 nitrogen and oxygen atoms in total. The Kier molecular flexibility index (Phi) is 8.60. The van der Waals surface area contributed by atoms with Crippen LogP contribution in [0.4, 0.5) is 0 Å². The molecular weight excluding hydrogens is 494 g/mol. The van der Waals surface area contributed by atoms with Crippen molar-refractivity contribution in [2.45, 2.75) is 25.1 Å². The average molecular weight is 516 g/mol.